The number of primary amides is 1. The van der Waals surface area contributed by atoms with Gasteiger partial charge in [0.2, 0.25) is 5.91 Å². The van der Waals surface area contributed by atoms with E-state index in [4.69, 9.17) is 15.2 Å². The number of ether oxygens (including phenoxy) is 2. The van der Waals surface area contributed by atoms with E-state index in [0.717, 1.165) is 12.1 Å². The number of hydrogen-bond acceptors (Lipinski definition) is 5. The molecule has 1 aliphatic rings. The molecule has 0 saturated heterocycles. The van der Waals surface area contributed by atoms with E-state index in [0.29, 0.717) is 24.5 Å². The number of carbonyl (C=O) groups is 3. The first-order valence-electron chi connectivity index (χ1n) is 15.0. The van der Waals surface area contributed by atoms with Crippen LogP contribution in [0.15, 0.2) is 48.5 Å². The minimum atomic E-state index is -4.78. The summed E-state index contributed by atoms with van der Waals surface area (Å²) in [4.78, 5) is 37.7. The average Bonchev–Trinajstić information content (AvgIpc) is 3.83. The van der Waals surface area contributed by atoms with Crippen LogP contribution in [-0.2, 0) is 15.7 Å². The molecule has 0 radical (unpaired) electrons. The maximum Gasteiger partial charge on any atom is 0.416 e. The average molecular weight is 741 g/mol. The van der Waals surface area contributed by atoms with E-state index in [-0.39, 0.29) is 51.9 Å². The van der Waals surface area contributed by atoms with E-state index in [1.165, 1.54) is 30.3 Å². The molecule has 3 aromatic carbocycles. The summed E-state index contributed by atoms with van der Waals surface area (Å²) < 4.78 is 82.9. The first-order chi connectivity index (χ1) is 22.4. The molecule has 0 aliphatic heterocycles. The Hall–Kier alpha value is -4.20. The van der Waals surface area contributed by atoms with Gasteiger partial charge in [0.25, 0.3) is 5.91 Å². The number of carbonyl (C=O) groups excluding carboxylic acids is 3. The van der Waals surface area contributed by atoms with Gasteiger partial charge >= 0.3 is 12.3 Å². The lowest BCUT2D eigenvalue weighted by Gasteiger charge is -2.34. The largest absolute Gasteiger partial charge is 0.456 e. The number of anilines is 1. The Labute approximate surface area is 282 Å². The topological polar surface area (TPSA) is 120 Å². The summed E-state index contributed by atoms with van der Waals surface area (Å²) in [7, 11) is 0. The maximum absolute atomic E-state index is 15.3. The minimum Gasteiger partial charge on any atom is -0.456 e. The zero-order valence-electron chi connectivity index (χ0n) is 26.6. The highest BCUT2D eigenvalue weighted by molar-refractivity contribution is 9.09. The van der Waals surface area contributed by atoms with Crippen LogP contribution in [0.1, 0.15) is 84.7 Å². The molecule has 258 valence electrons. The molecule has 0 aromatic heterocycles. The molecule has 8 nitrogen and oxygen atoms in total. The molecule has 2 atom stereocenters. The van der Waals surface area contributed by atoms with E-state index in [1.807, 2.05) is 20.8 Å². The lowest BCUT2D eigenvalue weighted by atomic mass is 9.82. The van der Waals surface area contributed by atoms with Gasteiger partial charge in [-0.25, -0.2) is 13.6 Å². The van der Waals surface area contributed by atoms with Crippen molar-refractivity contribution >= 4 is 39.5 Å². The molecule has 1 saturated carbocycles. The van der Waals surface area contributed by atoms with Crippen molar-refractivity contribution in [1.29, 1.82) is 0 Å². The number of alkyl halides is 4. The molecule has 4 rings (SSSR count). The van der Waals surface area contributed by atoms with Crippen molar-refractivity contribution in [3.63, 3.8) is 0 Å². The Kier molecular flexibility index (Phi) is 11.1. The molecule has 3 amide bonds. The van der Waals surface area contributed by atoms with Crippen LogP contribution >= 0.6 is 15.9 Å². The van der Waals surface area contributed by atoms with Crippen LogP contribution in [0, 0.1) is 24.0 Å². The summed E-state index contributed by atoms with van der Waals surface area (Å²) in [6, 6.07) is 8.19. The van der Waals surface area contributed by atoms with E-state index in [1.54, 1.807) is 6.92 Å². The van der Waals surface area contributed by atoms with Crippen LogP contribution in [0.3, 0.4) is 0 Å². The van der Waals surface area contributed by atoms with Crippen LogP contribution in [0.4, 0.5) is 32.4 Å². The fraction of sp³-hybridized carbons (Fsp3) is 0.382. The first kappa shape index (κ1) is 36.6. The van der Waals surface area contributed by atoms with Crippen LogP contribution in [0.5, 0.6) is 11.5 Å². The molecule has 0 heterocycles. The monoisotopic (exact) mass is 739 g/mol. The molecule has 1 aliphatic carbocycles. The fourth-order valence-electron chi connectivity index (χ4n) is 5.20. The van der Waals surface area contributed by atoms with Gasteiger partial charge in [0, 0.05) is 23.7 Å². The molecule has 3 aromatic rings. The lowest BCUT2D eigenvalue weighted by Crippen LogP contribution is -2.45. The molecule has 1 fully saturated rings. The van der Waals surface area contributed by atoms with E-state index in [9.17, 15) is 31.9 Å². The molecule has 0 bridgehead atoms. The highest BCUT2D eigenvalue weighted by Gasteiger charge is 2.40. The Bertz CT molecular complexity index is 1710. The number of aryl methyl sites for hydroxylation is 1. The number of halogens is 6. The van der Waals surface area contributed by atoms with Gasteiger partial charge in [0.1, 0.15) is 29.2 Å². The van der Waals surface area contributed by atoms with Crippen LogP contribution < -0.4 is 21.1 Å². The van der Waals surface area contributed by atoms with Crippen LogP contribution in [0.25, 0.3) is 0 Å². The van der Waals surface area contributed by atoms with Gasteiger partial charge in [0.15, 0.2) is 0 Å². The quantitative estimate of drug-likeness (QED) is 0.134. The van der Waals surface area contributed by atoms with Crippen molar-refractivity contribution in [3.05, 3.63) is 88.0 Å². The van der Waals surface area contributed by atoms with Crippen molar-refractivity contribution in [2.45, 2.75) is 71.2 Å². The van der Waals surface area contributed by atoms with Crippen LogP contribution in [0.2, 0.25) is 0 Å². The van der Waals surface area contributed by atoms with Gasteiger partial charge in [0.05, 0.1) is 16.5 Å². The van der Waals surface area contributed by atoms with Crippen molar-refractivity contribution in [1.82, 2.24) is 5.32 Å². The summed E-state index contributed by atoms with van der Waals surface area (Å²) in [5, 5.41) is 5.28. The van der Waals surface area contributed by atoms with E-state index >= 15 is 4.39 Å². The summed E-state index contributed by atoms with van der Waals surface area (Å²) >= 11 is 3.08. The predicted octanol–water partition coefficient (Wildman–Crippen LogP) is 8.67. The predicted molar refractivity (Wildman–Crippen MR) is 172 cm³/mol. The zero-order valence-corrected chi connectivity index (χ0v) is 28.2. The van der Waals surface area contributed by atoms with Crippen molar-refractivity contribution in [2.24, 2.45) is 11.1 Å². The summed E-state index contributed by atoms with van der Waals surface area (Å²) in [5.41, 5.74) is 3.32. The van der Waals surface area contributed by atoms with Crippen LogP contribution in [-0.4, -0.2) is 29.3 Å². The number of hydrogen-bond donors (Lipinski definition) is 3. The van der Waals surface area contributed by atoms with Gasteiger partial charge in [-0.15, -0.1) is 0 Å². The second-order valence-electron chi connectivity index (χ2n) is 12.7. The van der Waals surface area contributed by atoms with Crippen molar-refractivity contribution < 1.29 is 45.8 Å². The fourth-order valence-corrected chi connectivity index (χ4v) is 5.36. The standard InChI is InChI=1S/C34H35BrF5N3O5/c1-17-11-19(36)7-10-26(17)47-27-14-21(18-5-6-18)24(34(38,39)40)13-23(27)31(45)42-20-8-9-25(37)22(12-20)28(48-32(41)46)15-29(33(2,3)4)43-30(44)16-35/h7-14,18,28-29H,5-6,15-16H2,1-4H3,(H2,41,46)(H,42,45)(H,43,44). The van der Waals surface area contributed by atoms with Gasteiger partial charge in [-0.3, -0.25) is 9.59 Å². The third kappa shape index (κ3) is 9.24. The normalized spacial score (nSPS) is 14.5. The molecule has 14 heteroatoms. The number of amides is 3. The highest BCUT2D eigenvalue weighted by Crippen LogP contribution is 2.48. The van der Waals surface area contributed by atoms with E-state index in [2.05, 4.69) is 26.6 Å². The van der Waals surface area contributed by atoms with Gasteiger partial charge in [-0.1, -0.05) is 36.7 Å². The summed E-state index contributed by atoms with van der Waals surface area (Å²) in [6.45, 7) is 7.00. The molecule has 2 unspecified atom stereocenters. The Morgan fingerprint density at radius 2 is 1.69 bits per heavy atom. The number of rotatable bonds is 11. The molecule has 4 N–H and O–H groups in total. The highest BCUT2D eigenvalue weighted by atomic mass is 79.9. The Balaban J connectivity index is 1.74. The van der Waals surface area contributed by atoms with Crippen molar-refractivity contribution in [3.8, 4) is 11.5 Å². The van der Waals surface area contributed by atoms with Gasteiger partial charge in [-0.2, -0.15) is 13.2 Å². The number of benzene rings is 3. The van der Waals surface area contributed by atoms with Gasteiger partial charge < -0.3 is 25.8 Å². The number of nitrogens with one attached hydrogen (secondary N) is 2. The zero-order chi connectivity index (χ0) is 35.6. The molecule has 48 heavy (non-hydrogen) atoms. The first-order valence-corrected chi connectivity index (χ1v) is 16.1. The molecular weight excluding hydrogens is 705 g/mol. The van der Waals surface area contributed by atoms with Gasteiger partial charge in [-0.05, 0) is 90.8 Å². The SMILES string of the molecule is Cc1cc(F)ccc1Oc1cc(C2CC2)c(C(F)(F)F)cc1C(=O)Nc1ccc(F)c(C(CC(NC(=O)CBr)C(C)(C)C)OC(N)=O)c1. The van der Waals surface area contributed by atoms with Crippen molar-refractivity contribution in [2.75, 3.05) is 10.6 Å². The molecular formula is C34H35BrF5N3O5. The summed E-state index contributed by atoms with van der Waals surface area (Å²) in [5.74, 6) is -3.19. The molecule has 0 spiro atoms. The third-order valence-corrected chi connectivity index (χ3v) is 8.40. The smallest absolute Gasteiger partial charge is 0.416 e. The lowest BCUT2D eigenvalue weighted by molar-refractivity contribution is -0.138. The Morgan fingerprint density at radius 1 is 1.00 bits per heavy atom. The number of nitrogens with two attached hydrogens (primary N) is 1. The van der Waals surface area contributed by atoms with E-state index < -0.39 is 58.5 Å². The third-order valence-electron chi connectivity index (χ3n) is 7.89. The maximum atomic E-state index is 15.3. The second kappa shape index (κ2) is 14.5. The minimum absolute atomic E-state index is 0.0130. The summed E-state index contributed by atoms with van der Waals surface area (Å²) in [6.07, 6.45) is -6.37. The second-order valence-corrected chi connectivity index (χ2v) is 13.3. The Morgan fingerprint density at radius 3 is 2.25 bits per heavy atom.